The van der Waals surface area contributed by atoms with E-state index in [1.54, 1.807) is 0 Å². The van der Waals surface area contributed by atoms with Gasteiger partial charge in [0.25, 0.3) is 10.1 Å². The molecule has 0 aromatic carbocycles. The van der Waals surface area contributed by atoms with E-state index in [-0.39, 0.29) is 0 Å². The van der Waals surface area contributed by atoms with Crippen LogP contribution in [0.5, 0.6) is 0 Å². The first-order valence-electron chi connectivity index (χ1n) is 8.10. The van der Waals surface area contributed by atoms with Crippen molar-refractivity contribution >= 4 is 10.1 Å². The average molecular weight is 309 g/mol. The lowest BCUT2D eigenvalue weighted by Gasteiger charge is -2.41. The third-order valence-corrected chi connectivity index (χ3v) is 4.17. The monoisotopic (exact) mass is 308 g/mol. The highest BCUT2D eigenvalue weighted by molar-refractivity contribution is 7.85. The summed E-state index contributed by atoms with van der Waals surface area (Å²) in [6.07, 6.45) is 12.3. The molecule has 0 saturated carbocycles. The van der Waals surface area contributed by atoms with E-state index in [4.69, 9.17) is 4.55 Å². The Bertz CT molecular complexity index is 314. The van der Waals surface area contributed by atoms with Gasteiger partial charge in [-0.1, -0.05) is 26.2 Å². The van der Waals surface area contributed by atoms with Crippen molar-refractivity contribution < 1.29 is 17.5 Å². The molecule has 0 amide bonds. The number of hydrogen-bond donors (Lipinski definition) is 1. The molecule has 1 saturated heterocycles. The molecule has 1 fully saturated rings. The van der Waals surface area contributed by atoms with Gasteiger partial charge in [-0.25, -0.2) is 0 Å². The SMILES string of the molecule is CCCCCCC[N+]1(CC)CCCCC1.CS(=O)(=O)O. The molecule has 1 rings (SSSR count). The van der Waals surface area contributed by atoms with Gasteiger partial charge in [0.15, 0.2) is 0 Å². The largest absolute Gasteiger partial charge is 0.324 e. The average Bonchev–Trinajstić information content (AvgIpc) is 2.38. The molecule has 0 aliphatic carbocycles. The Kier molecular flexibility index (Phi) is 10.5. The van der Waals surface area contributed by atoms with E-state index in [1.165, 1.54) is 82.0 Å². The molecule has 122 valence electrons. The van der Waals surface area contributed by atoms with Crippen molar-refractivity contribution in [1.29, 1.82) is 0 Å². The number of quaternary nitrogens is 1. The second kappa shape index (κ2) is 10.6. The highest BCUT2D eigenvalue weighted by Gasteiger charge is 2.26. The Morgan fingerprint density at radius 2 is 1.45 bits per heavy atom. The molecular weight excluding hydrogens is 274 g/mol. The highest BCUT2D eigenvalue weighted by atomic mass is 32.2. The van der Waals surface area contributed by atoms with Crippen LogP contribution < -0.4 is 0 Å². The minimum absolute atomic E-state index is 0.715. The quantitative estimate of drug-likeness (QED) is 0.445. The Balaban J connectivity index is 0.000000621. The summed E-state index contributed by atoms with van der Waals surface area (Å²) < 4.78 is 27.3. The maximum absolute atomic E-state index is 9.19. The number of rotatable bonds is 7. The summed E-state index contributed by atoms with van der Waals surface area (Å²) >= 11 is 0. The van der Waals surface area contributed by atoms with Crippen LogP contribution in [0, 0.1) is 0 Å². The molecule has 1 aliphatic rings. The minimum atomic E-state index is -3.67. The van der Waals surface area contributed by atoms with Crippen molar-refractivity contribution in [3.05, 3.63) is 0 Å². The summed E-state index contributed by atoms with van der Waals surface area (Å²) in [6, 6.07) is 0. The number of hydrogen-bond acceptors (Lipinski definition) is 2. The van der Waals surface area contributed by atoms with Gasteiger partial charge in [0.2, 0.25) is 0 Å². The summed E-state index contributed by atoms with van der Waals surface area (Å²) in [6.45, 7) is 10.4. The van der Waals surface area contributed by atoms with Crippen molar-refractivity contribution in [3.8, 4) is 0 Å². The molecule has 0 atom stereocenters. The zero-order valence-electron chi connectivity index (χ0n) is 13.6. The molecule has 0 unspecified atom stereocenters. The molecule has 0 spiro atoms. The van der Waals surface area contributed by atoms with Crippen molar-refractivity contribution in [3.63, 3.8) is 0 Å². The number of piperidine rings is 1. The maximum Gasteiger partial charge on any atom is 0.261 e. The molecule has 1 heterocycles. The van der Waals surface area contributed by atoms with Crippen molar-refractivity contribution in [2.45, 2.75) is 65.2 Å². The Hall–Kier alpha value is -0.130. The number of unbranched alkanes of at least 4 members (excludes halogenated alkanes) is 4. The van der Waals surface area contributed by atoms with E-state index in [1.807, 2.05) is 0 Å². The zero-order valence-corrected chi connectivity index (χ0v) is 14.4. The minimum Gasteiger partial charge on any atom is -0.324 e. The van der Waals surface area contributed by atoms with Crippen LogP contribution in [0.1, 0.15) is 65.2 Å². The fourth-order valence-corrected chi connectivity index (χ4v) is 2.93. The van der Waals surface area contributed by atoms with Crippen LogP contribution in [0.2, 0.25) is 0 Å². The van der Waals surface area contributed by atoms with Gasteiger partial charge in [0.1, 0.15) is 0 Å². The van der Waals surface area contributed by atoms with Gasteiger partial charge in [0, 0.05) is 0 Å². The molecule has 1 N–H and O–H groups in total. The Labute approximate surface area is 125 Å². The van der Waals surface area contributed by atoms with E-state index >= 15 is 0 Å². The molecule has 0 aromatic heterocycles. The third kappa shape index (κ3) is 11.7. The van der Waals surface area contributed by atoms with Crippen molar-refractivity contribution in [1.82, 2.24) is 0 Å². The highest BCUT2D eigenvalue weighted by Crippen LogP contribution is 2.20. The number of likely N-dealkylation sites (tertiary alicyclic amines) is 1. The molecule has 4 nitrogen and oxygen atoms in total. The van der Waals surface area contributed by atoms with E-state index < -0.39 is 10.1 Å². The van der Waals surface area contributed by atoms with Crippen molar-refractivity contribution in [2.24, 2.45) is 0 Å². The first kappa shape index (κ1) is 19.9. The van der Waals surface area contributed by atoms with Crippen LogP contribution in [0.15, 0.2) is 0 Å². The first-order valence-corrected chi connectivity index (χ1v) is 9.95. The second-order valence-electron chi connectivity index (χ2n) is 6.04. The Morgan fingerprint density at radius 3 is 1.90 bits per heavy atom. The fraction of sp³-hybridized carbons (Fsp3) is 1.00. The predicted molar refractivity (Wildman–Crippen MR) is 85.5 cm³/mol. The first-order chi connectivity index (χ1) is 9.33. The summed E-state index contributed by atoms with van der Waals surface area (Å²) in [5.41, 5.74) is 0. The third-order valence-electron chi connectivity index (χ3n) is 4.17. The van der Waals surface area contributed by atoms with E-state index in [9.17, 15) is 8.42 Å². The van der Waals surface area contributed by atoms with Gasteiger partial charge >= 0.3 is 0 Å². The van der Waals surface area contributed by atoms with E-state index in [0.717, 1.165) is 0 Å². The predicted octanol–water partition coefficient (Wildman–Crippen LogP) is 3.48. The van der Waals surface area contributed by atoms with Crippen LogP contribution in [0.25, 0.3) is 0 Å². The molecule has 1 aliphatic heterocycles. The Morgan fingerprint density at radius 1 is 0.950 bits per heavy atom. The van der Waals surface area contributed by atoms with Gasteiger partial charge in [-0.05, 0) is 39.0 Å². The maximum atomic E-state index is 9.19. The lowest BCUT2D eigenvalue weighted by atomic mass is 10.1. The normalized spacial score (nSPS) is 18.2. The molecule has 0 bridgehead atoms. The lowest BCUT2D eigenvalue weighted by Crippen LogP contribution is -2.51. The summed E-state index contributed by atoms with van der Waals surface area (Å²) in [5.74, 6) is 0. The van der Waals surface area contributed by atoms with Crippen LogP contribution in [0.3, 0.4) is 0 Å². The van der Waals surface area contributed by atoms with E-state index in [0.29, 0.717) is 6.26 Å². The van der Waals surface area contributed by atoms with Gasteiger partial charge in [0.05, 0.1) is 32.4 Å². The zero-order chi connectivity index (χ0) is 15.5. The van der Waals surface area contributed by atoms with E-state index in [2.05, 4.69) is 13.8 Å². The standard InChI is InChI=1S/C14H30N.CH4O3S/c1-3-5-6-7-9-12-15(4-2)13-10-8-11-14-15;1-5(2,3)4/h3-14H2,1-2H3;1H3,(H,2,3,4)/q+1;. The molecule has 20 heavy (non-hydrogen) atoms. The van der Waals surface area contributed by atoms with Gasteiger partial charge in [-0.2, -0.15) is 8.42 Å². The van der Waals surface area contributed by atoms with Crippen LogP contribution in [-0.4, -0.2) is 49.9 Å². The van der Waals surface area contributed by atoms with Crippen molar-refractivity contribution in [2.75, 3.05) is 32.4 Å². The second-order valence-corrected chi connectivity index (χ2v) is 7.50. The van der Waals surface area contributed by atoms with Crippen LogP contribution >= 0.6 is 0 Å². The molecular formula is C15H34NO3S+. The topological polar surface area (TPSA) is 54.4 Å². The van der Waals surface area contributed by atoms with Gasteiger partial charge in [-0.3, -0.25) is 4.55 Å². The molecule has 0 aromatic rings. The van der Waals surface area contributed by atoms with Crippen LogP contribution in [0.4, 0.5) is 0 Å². The van der Waals surface area contributed by atoms with Crippen LogP contribution in [-0.2, 0) is 10.1 Å². The van der Waals surface area contributed by atoms with Gasteiger partial charge < -0.3 is 4.48 Å². The molecule has 0 radical (unpaired) electrons. The number of nitrogens with zero attached hydrogens (tertiary/aromatic N) is 1. The summed E-state index contributed by atoms with van der Waals surface area (Å²) in [5, 5.41) is 0. The lowest BCUT2D eigenvalue weighted by molar-refractivity contribution is -0.931. The summed E-state index contributed by atoms with van der Waals surface area (Å²) in [7, 11) is -3.67. The molecule has 5 heteroatoms. The van der Waals surface area contributed by atoms with Gasteiger partial charge in [-0.15, -0.1) is 0 Å². The smallest absolute Gasteiger partial charge is 0.261 e. The summed E-state index contributed by atoms with van der Waals surface area (Å²) in [4.78, 5) is 0. The fourth-order valence-electron chi connectivity index (χ4n) is 2.93.